The zero-order chi connectivity index (χ0) is 16.9. The van der Waals surface area contributed by atoms with Crippen molar-refractivity contribution in [1.82, 2.24) is 10.2 Å². The van der Waals surface area contributed by atoms with Crippen molar-refractivity contribution in [3.63, 3.8) is 0 Å². The molecular formula is C19H30N2O2. The molecule has 1 aliphatic rings. The molecule has 1 amide bonds. The molecule has 4 heteroatoms. The van der Waals surface area contributed by atoms with Crippen LogP contribution in [-0.2, 0) is 11.3 Å². The van der Waals surface area contributed by atoms with Gasteiger partial charge in [-0.05, 0) is 52.6 Å². The minimum Gasteiger partial charge on any atom is -0.444 e. The van der Waals surface area contributed by atoms with Crippen molar-refractivity contribution >= 4 is 6.09 Å². The van der Waals surface area contributed by atoms with Crippen LogP contribution in [-0.4, -0.2) is 35.7 Å². The van der Waals surface area contributed by atoms with E-state index in [1.807, 2.05) is 20.8 Å². The van der Waals surface area contributed by atoms with Crippen LogP contribution in [0.2, 0.25) is 0 Å². The number of alkyl carbamates (subject to hydrolysis) is 1. The van der Waals surface area contributed by atoms with Gasteiger partial charge >= 0.3 is 6.09 Å². The smallest absolute Gasteiger partial charge is 0.407 e. The molecular weight excluding hydrogens is 288 g/mol. The van der Waals surface area contributed by atoms with Crippen LogP contribution < -0.4 is 5.32 Å². The van der Waals surface area contributed by atoms with Crippen molar-refractivity contribution in [3.8, 4) is 0 Å². The quantitative estimate of drug-likeness (QED) is 0.916. The lowest BCUT2D eigenvalue weighted by Gasteiger charge is -2.36. The number of aryl methyl sites for hydroxylation is 1. The van der Waals surface area contributed by atoms with E-state index in [-0.39, 0.29) is 6.09 Å². The van der Waals surface area contributed by atoms with Crippen LogP contribution >= 0.6 is 0 Å². The van der Waals surface area contributed by atoms with Crippen LogP contribution in [0.15, 0.2) is 24.3 Å². The van der Waals surface area contributed by atoms with Gasteiger partial charge in [-0.25, -0.2) is 4.79 Å². The lowest BCUT2D eigenvalue weighted by atomic mass is 10.0. The Labute approximate surface area is 140 Å². The SMILES string of the molecule is Cc1cccc(CN2CCCCC2CNC(=O)OC(C)(C)C)c1. The first kappa shape index (κ1) is 17.8. The highest BCUT2D eigenvalue weighted by atomic mass is 16.6. The van der Waals surface area contributed by atoms with Crippen LogP contribution in [0.4, 0.5) is 4.79 Å². The summed E-state index contributed by atoms with van der Waals surface area (Å²) < 4.78 is 5.33. The highest BCUT2D eigenvalue weighted by Gasteiger charge is 2.24. The van der Waals surface area contributed by atoms with Crippen molar-refractivity contribution in [2.24, 2.45) is 0 Å². The summed E-state index contributed by atoms with van der Waals surface area (Å²) in [7, 11) is 0. The summed E-state index contributed by atoms with van der Waals surface area (Å²) in [5.41, 5.74) is 2.19. The summed E-state index contributed by atoms with van der Waals surface area (Å²) in [5, 5.41) is 2.93. The van der Waals surface area contributed by atoms with Gasteiger partial charge in [-0.2, -0.15) is 0 Å². The Bertz CT molecular complexity index is 522. The zero-order valence-electron chi connectivity index (χ0n) is 14.9. The fourth-order valence-corrected chi connectivity index (χ4v) is 3.06. The van der Waals surface area contributed by atoms with Gasteiger partial charge < -0.3 is 10.1 Å². The molecule has 2 rings (SSSR count). The van der Waals surface area contributed by atoms with Gasteiger partial charge in [0.1, 0.15) is 5.60 Å². The molecule has 1 saturated heterocycles. The number of rotatable bonds is 4. The van der Waals surface area contributed by atoms with E-state index in [1.165, 1.54) is 24.0 Å². The maximum Gasteiger partial charge on any atom is 0.407 e. The summed E-state index contributed by atoms with van der Waals surface area (Å²) >= 11 is 0. The Kier molecular flexibility index (Phi) is 6.05. The molecule has 4 nitrogen and oxygen atoms in total. The number of hydrogen-bond acceptors (Lipinski definition) is 3. The Morgan fingerprint density at radius 2 is 2.13 bits per heavy atom. The van der Waals surface area contributed by atoms with Crippen LogP contribution in [0, 0.1) is 6.92 Å². The average molecular weight is 318 g/mol. The molecule has 1 fully saturated rings. The molecule has 0 aromatic heterocycles. The number of nitrogens with one attached hydrogen (secondary N) is 1. The summed E-state index contributed by atoms with van der Waals surface area (Å²) in [6, 6.07) is 9.05. The molecule has 1 aliphatic heterocycles. The first-order valence-electron chi connectivity index (χ1n) is 8.60. The van der Waals surface area contributed by atoms with Crippen molar-refractivity contribution < 1.29 is 9.53 Å². The predicted octanol–water partition coefficient (Wildman–Crippen LogP) is 3.87. The third-order valence-electron chi connectivity index (χ3n) is 4.10. The Balaban J connectivity index is 1.89. The minimum atomic E-state index is -0.447. The normalized spacial score (nSPS) is 19.4. The van der Waals surface area contributed by atoms with Crippen molar-refractivity contribution in [2.75, 3.05) is 13.1 Å². The molecule has 0 radical (unpaired) electrons. The molecule has 1 aromatic carbocycles. The minimum absolute atomic E-state index is 0.321. The Morgan fingerprint density at radius 3 is 2.83 bits per heavy atom. The fraction of sp³-hybridized carbons (Fsp3) is 0.632. The molecule has 0 spiro atoms. The average Bonchev–Trinajstić information content (AvgIpc) is 2.44. The van der Waals surface area contributed by atoms with Gasteiger partial charge in [0, 0.05) is 19.1 Å². The van der Waals surface area contributed by atoms with E-state index in [0.717, 1.165) is 19.5 Å². The number of ether oxygens (including phenoxy) is 1. The van der Waals surface area contributed by atoms with E-state index in [2.05, 4.69) is 41.4 Å². The van der Waals surface area contributed by atoms with Crippen molar-refractivity contribution in [1.29, 1.82) is 0 Å². The fourth-order valence-electron chi connectivity index (χ4n) is 3.06. The van der Waals surface area contributed by atoms with E-state index in [4.69, 9.17) is 4.74 Å². The molecule has 1 N–H and O–H groups in total. The highest BCUT2D eigenvalue weighted by Crippen LogP contribution is 2.20. The number of benzene rings is 1. The van der Waals surface area contributed by atoms with Gasteiger partial charge in [-0.3, -0.25) is 4.90 Å². The topological polar surface area (TPSA) is 41.6 Å². The molecule has 0 saturated carbocycles. The lowest BCUT2D eigenvalue weighted by molar-refractivity contribution is 0.0492. The zero-order valence-corrected chi connectivity index (χ0v) is 14.9. The third-order valence-corrected chi connectivity index (χ3v) is 4.10. The number of likely N-dealkylation sites (tertiary alicyclic amines) is 1. The van der Waals surface area contributed by atoms with E-state index in [9.17, 15) is 4.79 Å². The van der Waals surface area contributed by atoms with E-state index < -0.39 is 5.60 Å². The van der Waals surface area contributed by atoms with Crippen molar-refractivity contribution in [2.45, 2.75) is 65.1 Å². The number of amides is 1. The van der Waals surface area contributed by atoms with Crippen LogP contribution in [0.3, 0.4) is 0 Å². The number of carbonyl (C=O) groups excluding carboxylic acids is 1. The van der Waals surface area contributed by atoms with Gasteiger partial charge in [0.25, 0.3) is 0 Å². The third kappa shape index (κ3) is 6.22. The van der Waals surface area contributed by atoms with Gasteiger partial charge in [-0.1, -0.05) is 36.2 Å². The molecule has 1 heterocycles. The van der Waals surface area contributed by atoms with Crippen LogP contribution in [0.25, 0.3) is 0 Å². The summed E-state index contributed by atoms with van der Waals surface area (Å²) in [6.45, 7) is 10.5. The molecule has 0 bridgehead atoms. The van der Waals surface area contributed by atoms with Crippen molar-refractivity contribution in [3.05, 3.63) is 35.4 Å². The van der Waals surface area contributed by atoms with Gasteiger partial charge in [-0.15, -0.1) is 0 Å². The summed E-state index contributed by atoms with van der Waals surface area (Å²) in [4.78, 5) is 14.3. The molecule has 23 heavy (non-hydrogen) atoms. The number of nitrogens with zero attached hydrogens (tertiary/aromatic N) is 1. The number of hydrogen-bond donors (Lipinski definition) is 1. The van der Waals surface area contributed by atoms with E-state index >= 15 is 0 Å². The second-order valence-electron chi connectivity index (χ2n) is 7.49. The molecule has 1 aromatic rings. The van der Waals surface area contributed by atoms with Gasteiger partial charge in [0.05, 0.1) is 0 Å². The second-order valence-corrected chi connectivity index (χ2v) is 7.49. The first-order chi connectivity index (χ1) is 10.8. The first-order valence-corrected chi connectivity index (χ1v) is 8.60. The molecule has 1 atom stereocenters. The Hall–Kier alpha value is -1.55. The van der Waals surface area contributed by atoms with Crippen LogP contribution in [0.1, 0.15) is 51.2 Å². The van der Waals surface area contributed by atoms with E-state index in [0.29, 0.717) is 12.6 Å². The Morgan fingerprint density at radius 1 is 1.35 bits per heavy atom. The monoisotopic (exact) mass is 318 g/mol. The van der Waals surface area contributed by atoms with Crippen LogP contribution in [0.5, 0.6) is 0 Å². The maximum absolute atomic E-state index is 11.9. The standard InChI is InChI=1S/C19H30N2O2/c1-15-8-7-9-16(12-15)14-21-11-6-5-10-17(21)13-20-18(22)23-19(2,3)4/h7-9,12,17H,5-6,10-11,13-14H2,1-4H3,(H,20,22). The summed E-state index contributed by atoms with van der Waals surface area (Å²) in [6.07, 6.45) is 3.26. The number of carbonyl (C=O) groups is 1. The van der Waals surface area contributed by atoms with Gasteiger partial charge in [0.2, 0.25) is 0 Å². The number of piperidine rings is 1. The predicted molar refractivity (Wildman–Crippen MR) is 93.5 cm³/mol. The van der Waals surface area contributed by atoms with E-state index in [1.54, 1.807) is 0 Å². The summed E-state index contributed by atoms with van der Waals surface area (Å²) in [5.74, 6) is 0. The lowest BCUT2D eigenvalue weighted by Crippen LogP contribution is -2.47. The highest BCUT2D eigenvalue weighted by molar-refractivity contribution is 5.67. The largest absolute Gasteiger partial charge is 0.444 e. The molecule has 0 aliphatic carbocycles. The second kappa shape index (κ2) is 7.82. The molecule has 1 unspecified atom stereocenters. The maximum atomic E-state index is 11.9. The molecule has 128 valence electrons. The van der Waals surface area contributed by atoms with Gasteiger partial charge in [0.15, 0.2) is 0 Å².